The molecular weight excluding hydrogens is 258 g/mol. The van der Waals surface area contributed by atoms with Crippen LogP contribution in [0.4, 0.5) is 5.69 Å². The first-order valence-corrected chi connectivity index (χ1v) is 5.61. The van der Waals surface area contributed by atoms with E-state index < -0.39 is 0 Å². The molecule has 1 N–H and O–H groups in total. The van der Waals surface area contributed by atoms with Crippen molar-refractivity contribution < 1.29 is 9.53 Å². The summed E-state index contributed by atoms with van der Waals surface area (Å²) in [6.07, 6.45) is 0.408. The highest BCUT2D eigenvalue weighted by Crippen LogP contribution is 2.38. The van der Waals surface area contributed by atoms with Gasteiger partial charge in [-0.15, -0.1) is 0 Å². The molecule has 0 fully saturated rings. The number of anilines is 1. The number of rotatable bonds is 0. The molecule has 1 aromatic rings. The van der Waals surface area contributed by atoms with E-state index in [1.54, 1.807) is 0 Å². The number of hydrogen-bond donors (Lipinski definition) is 1. The Hall–Kier alpha value is -1.03. The van der Waals surface area contributed by atoms with Crippen molar-refractivity contribution in [3.63, 3.8) is 0 Å². The molecule has 1 heterocycles. The molecule has 3 nitrogen and oxygen atoms in total. The van der Waals surface area contributed by atoms with Crippen LogP contribution in [0.5, 0.6) is 5.75 Å². The highest BCUT2D eigenvalue weighted by molar-refractivity contribution is 9.10. The lowest BCUT2D eigenvalue weighted by atomic mass is 10.1. The molecular formula is C11H12BrNO2. The fraction of sp³-hybridized carbons (Fsp3) is 0.364. The van der Waals surface area contributed by atoms with Crippen LogP contribution in [0.25, 0.3) is 0 Å². The Morgan fingerprint density at radius 3 is 2.93 bits per heavy atom. The standard InChI is InChI=1S/C11H12BrNO2/c1-6-5-8(12)7(2)10-11(6)15-4-3-9(14)13-10/h5H,3-4H2,1-2H3,(H,13,14). The van der Waals surface area contributed by atoms with Crippen LogP contribution in [0.1, 0.15) is 17.5 Å². The molecule has 0 unspecified atom stereocenters. The lowest BCUT2D eigenvalue weighted by Gasteiger charge is -2.14. The van der Waals surface area contributed by atoms with Crippen molar-refractivity contribution in [1.29, 1.82) is 0 Å². The summed E-state index contributed by atoms with van der Waals surface area (Å²) >= 11 is 3.46. The SMILES string of the molecule is Cc1cc(Br)c(C)c2c1OCCC(=O)N2. The van der Waals surface area contributed by atoms with Gasteiger partial charge in [0.1, 0.15) is 5.75 Å². The van der Waals surface area contributed by atoms with Crippen LogP contribution < -0.4 is 10.1 Å². The molecule has 0 aliphatic carbocycles. The maximum atomic E-state index is 11.4. The summed E-state index contributed by atoms with van der Waals surface area (Å²) in [6.45, 7) is 4.37. The lowest BCUT2D eigenvalue weighted by molar-refractivity contribution is -0.116. The van der Waals surface area contributed by atoms with Gasteiger partial charge < -0.3 is 10.1 Å². The van der Waals surface area contributed by atoms with E-state index in [1.165, 1.54) is 0 Å². The van der Waals surface area contributed by atoms with E-state index in [4.69, 9.17) is 4.74 Å². The minimum Gasteiger partial charge on any atom is -0.491 e. The second-order valence-corrected chi connectivity index (χ2v) is 4.51. The number of carbonyl (C=O) groups excluding carboxylic acids is 1. The van der Waals surface area contributed by atoms with E-state index >= 15 is 0 Å². The smallest absolute Gasteiger partial charge is 0.227 e. The van der Waals surface area contributed by atoms with Gasteiger partial charge in [-0.1, -0.05) is 15.9 Å². The first-order chi connectivity index (χ1) is 7.09. The molecule has 1 aliphatic heterocycles. The first kappa shape index (κ1) is 10.5. The highest BCUT2D eigenvalue weighted by atomic mass is 79.9. The predicted octanol–water partition coefficient (Wildman–Crippen LogP) is 2.79. The second kappa shape index (κ2) is 3.85. The fourth-order valence-corrected chi connectivity index (χ4v) is 2.18. The van der Waals surface area contributed by atoms with Gasteiger partial charge in [0.25, 0.3) is 0 Å². The summed E-state index contributed by atoms with van der Waals surface area (Å²) in [5.41, 5.74) is 2.83. The zero-order valence-electron chi connectivity index (χ0n) is 8.69. The summed E-state index contributed by atoms with van der Waals surface area (Å²) in [5.74, 6) is 0.802. The number of carbonyl (C=O) groups is 1. The zero-order chi connectivity index (χ0) is 11.0. The van der Waals surface area contributed by atoms with Crippen LogP contribution in [-0.2, 0) is 4.79 Å². The van der Waals surface area contributed by atoms with Crippen LogP contribution in [0.15, 0.2) is 10.5 Å². The molecule has 1 aromatic carbocycles. The van der Waals surface area contributed by atoms with E-state index in [0.717, 1.165) is 27.0 Å². The van der Waals surface area contributed by atoms with Gasteiger partial charge in [0.15, 0.2) is 0 Å². The summed E-state index contributed by atoms with van der Waals surface area (Å²) in [4.78, 5) is 11.4. The van der Waals surface area contributed by atoms with Crippen LogP contribution >= 0.6 is 15.9 Å². The Labute approximate surface area is 96.9 Å². The predicted molar refractivity (Wildman–Crippen MR) is 62.4 cm³/mol. The van der Waals surface area contributed by atoms with Crippen LogP contribution in [-0.4, -0.2) is 12.5 Å². The van der Waals surface area contributed by atoms with Crippen molar-refractivity contribution >= 4 is 27.5 Å². The summed E-state index contributed by atoms with van der Waals surface area (Å²) in [6, 6.07) is 2.01. The quantitative estimate of drug-likeness (QED) is 0.787. The minimum atomic E-state index is 0.00866. The third-order valence-corrected chi connectivity index (χ3v) is 3.33. The molecule has 0 atom stereocenters. The molecule has 4 heteroatoms. The Kier molecular flexibility index (Phi) is 2.69. The first-order valence-electron chi connectivity index (χ1n) is 4.82. The number of fused-ring (bicyclic) bond motifs is 1. The number of amides is 1. The van der Waals surface area contributed by atoms with Gasteiger partial charge >= 0.3 is 0 Å². The number of nitrogens with one attached hydrogen (secondary N) is 1. The monoisotopic (exact) mass is 269 g/mol. The number of halogens is 1. The van der Waals surface area contributed by atoms with Gasteiger partial charge in [-0.25, -0.2) is 0 Å². The average Bonchev–Trinajstić information content (AvgIpc) is 2.37. The van der Waals surface area contributed by atoms with E-state index in [2.05, 4.69) is 21.2 Å². The van der Waals surface area contributed by atoms with Crippen LogP contribution in [0, 0.1) is 13.8 Å². The van der Waals surface area contributed by atoms with Gasteiger partial charge in [-0.2, -0.15) is 0 Å². The lowest BCUT2D eigenvalue weighted by Crippen LogP contribution is -2.11. The van der Waals surface area contributed by atoms with E-state index in [0.29, 0.717) is 13.0 Å². The van der Waals surface area contributed by atoms with Gasteiger partial charge in [0, 0.05) is 4.47 Å². The molecule has 15 heavy (non-hydrogen) atoms. The molecule has 0 saturated carbocycles. The summed E-state index contributed by atoms with van der Waals surface area (Å²) in [7, 11) is 0. The maximum Gasteiger partial charge on any atom is 0.227 e. The van der Waals surface area contributed by atoms with Crippen molar-refractivity contribution in [1.82, 2.24) is 0 Å². The van der Waals surface area contributed by atoms with Crippen LogP contribution in [0.3, 0.4) is 0 Å². The molecule has 0 saturated heterocycles. The van der Waals surface area contributed by atoms with E-state index in [9.17, 15) is 4.79 Å². The zero-order valence-corrected chi connectivity index (χ0v) is 10.3. The summed E-state index contributed by atoms with van der Waals surface area (Å²) in [5, 5.41) is 2.88. The Balaban J connectivity index is 2.60. The second-order valence-electron chi connectivity index (χ2n) is 3.65. The normalized spacial score (nSPS) is 15.0. The Morgan fingerprint density at radius 1 is 1.47 bits per heavy atom. The average molecular weight is 270 g/mol. The number of hydrogen-bond acceptors (Lipinski definition) is 2. The molecule has 1 amide bonds. The minimum absolute atomic E-state index is 0.00866. The number of benzene rings is 1. The molecule has 0 aromatic heterocycles. The third-order valence-electron chi connectivity index (χ3n) is 2.50. The molecule has 0 bridgehead atoms. The molecule has 80 valence electrons. The maximum absolute atomic E-state index is 11.4. The van der Waals surface area contributed by atoms with Gasteiger partial charge in [-0.3, -0.25) is 4.79 Å². The molecule has 0 spiro atoms. The Morgan fingerprint density at radius 2 is 2.20 bits per heavy atom. The van der Waals surface area contributed by atoms with Gasteiger partial charge in [-0.05, 0) is 31.0 Å². The van der Waals surface area contributed by atoms with E-state index in [1.807, 2.05) is 19.9 Å². The van der Waals surface area contributed by atoms with Crippen molar-refractivity contribution in [3.8, 4) is 5.75 Å². The van der Waals surface area contributed by atoms with Crippen molar-refractivity contribution in [3.05, 3.63) is 21.7 Å². The molecule has 1 aliphatic rings. The van der Waals surface area contributed by atoms with Crippen molar-refractivity contribution in [2.24, 2.45) is 0 Å². The van der Waals surface area contributed by atoms with Crippen LogP contribution in [0.2, 0.25) is 0 Å². The van der Waals surface area contributed by atoms with Gasteiger partial charge in [0.2, 0.25) is 5.91 Å². The Bertz CT molecular complexity index is 429. The van der Waals surface area contributed by atoms with Gasteiger partial charge in [0.05, 0.1) is 18.7 Å². The van der Waals surface area contributed by atoms with Crippen molar-refractivity contribution in [2.45, 2.75) is 20.3 Å². The summed E-state index contributed by atoms with van der Waals surface area (Å²) < 4.78 is 6.57. The third kappa shape index (κ3) is 1.86. The van der Waals surface area contributed by atoms with E-state index in [-0.39, 0.29) is 5.91 Å². The molecule has 0 radical (unpaired) electrons. The largest absolute Gasteiger partial charge is 0.491 e. The molecule has 2 rings (SSSR count). The topological polar surface area (TPSA) is 38.3 Å². The number of ether oxygens (including phenoxy) is 1. The highest BCUT2D eigenvalue weighted by Gasteiger charge is 2.19. The van der Waals surface area contributed by atoms with Crippen molar-refractivity contribution in [2.75, 3.05) is 11.9 Å². The fourth-order valence-electron chi connectivity index (χ4n) is 1.63. The number of aryl methyl sites for hydroxylation is 1.